The van der Waals surface area contributed by atoms with Crippen LogP contribution in [0.2, 0.25) is 0 Å². The van der Waals surface area contributed by atoms with Crippen LogP contribution < -0.4 is 0 Å². The average molecular weight is 685 g/mol. The Balaban J connectivity index is 0.000000196. The summed E-state index contributed by atoms with van der Waals surface area (Å²) in [6.45, 7) is 2.10. The minimum absolute atomic E-state index is 1.05. The van der Waals surface area contributed by atoms with Gasteiger partial charge in [-0.2, -0.15) is 0 Å². The summed E-state index contributed by atoms with van der Waals surface area (Å²) < 4.78 is 4.23. The van der Waals surface area contributed by atoms with E-state index in [1.54, 1.807) is 8.07 Å². The van der Waals surface area contributed by atoms with Crippen LogP contribution in [0.3, 0.4) is 0 Å². The van der Waals surface area contributed by atoms with E-state index in [0.717, 1.165) is 25.9 Å². The van der Waals surface area contributed by atoms with Gasteiger partial charge in [0.05, 0.1) is 12.7 Å². The number of nitrogens with zero attached hydrogens (tertiary/aromatic N) is 4. The molecule has 0 saturated heterocycles. The van der Waals surface area contributed by atoms with E-state index in [0.29, 0.717) is 0 Å². The minimum atomic E-state index is 1.05. The van der Waals surface area contributed by atoms with E-state index in [9.17, 15) is 0 Å². The molecule has 2 aromatic heterocycles. The molecule has 0 atom stereocenters. The number of imidazole rings is 2. The summed E-state index contributed by atoms with van der Waals surface area (Å²) >= 11 is 4.43. The molecule has 4 aromatic rings. The van der Waals surface area contributed by atoms with E-state index in [-0.39, 0.29) is 0 Å². The molecule has 0 aliphatic heterocycles. The molecule has 0 saturated carbocycles. The molecule has 4 rings (SSSR count). The number of rotatable bonds is 8. The van der Waals surface area contributed by atoms with Gasteiger partial charge in [-0.3, -0.25) is 0 Å². The van der Waals surface area contributed by atoms with E-state index in [1.807, 2.05) is 37.4 Å². The molecule has 0 N–H and O–H groups in total. The van der Waals surface area contributed by atoms with E-state index in [2.05, 4.69) is 121 Å². The van der Waals surface area contributed by atoms with Gasteiger partial charge in [-0.15, -0.1) is 0 Å². The monoisotopic (exact) mass is 684 g/mol. The molecule has 2 aromatic carbocycles. The van der Waals surface area contributed by atoms with Crippen molar-refractivity contribution >= 4 is 41.0 Å². The fourth-order valence-corrected chi connectivity index (χ4v) is 3.06. The fraction of sp³-hybridized carbons (Fsp3) is 0.250. The summed E-state index contributed by atoms with van der Waals surface area (Å²) in [7, 11) is 1.56. The molecule has 2 heterocycles. The van der Waals surface area contributed by atoms with Gasteiger partial charge in [0.1, 0.15) is 0 Å². The van der Waals surface area contributed by atoms with Gasteiger partial charge in [0.2, 0.25) is 0 Å². The van der Waals surface area contributed by atoms with Gasteiger partial charge in [0.25, 0.3) is 0 Å². The van der Waals surface area contributed by atoms with Crippen molar-refractivity contribution in [3.05, 3.63) is 109 Å². The zero-order valence-electron chi connectivity index (χ0n) is 17.3. The van der Waals surface area contributed by atoms with Crippen LogP contribution in [-0.2, 0) is 34.0 Å². The molecule has 31 heavy (non-hydrogen) atoms. The number of halogens is 2. The Hall–Kier alpha value is -1.19. The Kier molecular flexibility index (Phi) is 14.6. The third-order valence-corrected chi connectivity index (χ3v) is 4.57. The number of aryl methyl sites for hydroxylation is 4. The normalized spacial score (nSPS) is 10.0. The molecule has 0 radical (unpaired) electrons. The number of hydrogen-bond acceptors (Lipinski definition) is 2. The van der Waals surface area contributed by atoms with Crippen LogP contribution in [0.15, 0.2) is 98.1 Å². The molecule has 7 heteroatoms. The first-order valence-corrected chi connectivity index (χ1v) is 16.5. The van der Waals surface area contributed by atoms with Crippen molar-refractivity contribution in [3.63, 3.8) is 0 Å². The molecule has 0 unspecified atom stereocenters. The maximum atomic E-state index is 4.01. The van der Waals surface area contributed by atoms with Gasteiger partial charge < -0.3 is 9.13 Å². The number of hydrogen-bond donors (Lipinski definition) is 0. The molecule has 0 aliphatic carbocycles. The van der Waals surface area contributed by atoms with Crippen molar-refractivity contribution in [1.82, 2.24) is 19.1 Å². The van der Waals surface area contributed by atoms with Gasteiger partial charge in [0, 0.05) is 37.9 Å². The Morgan fingerprint density at radius 1 is 0.645 bits per heavy atom. The zero-order valence-corrected chi connectivity index (χ0v) is 22.6. The molecule has 168 valence electrons. The predicted molar refractivity (Wildman–Crippen MR) is 142 cm³/mol. The quantitative estimate of drug-likeness (QED) is 0.151. The predicted octanol–water partition coefficient (Wildman–Crippen LogP) is 6.80. The average Bonchev–Trinajstić information content (AvgIpc) is 3.51. The smallest absolute Gasteiger partial charge is 0.0945 e. The van der Waals surface area contributed by atoms with Crippen molar-refractivity contribution in [2.24, 2.45) is 0 Å². The minimum Gasteiger partial charge on any atom is -0.337 e. The second-order valence-corrected chi connectivity index (χ2v) is 15.2. The van der Waals surface area contributed by atoms with Crippen LogP contribution in [0, 0.1) is 0 Å². The zero-order chi connectivity index (χ0) is 22.0. The molecule has 0 fully saturated rings. The summed E-state index contributed by atoms with van der Waals surface area (Å²) in [6, 6.07) is 21.2. The summed E-state index contributed by atoms with van der Waals surface area (Å²) in [5.41, 5.74) is 2.82. The largest absolute Gasteiger partial charge is 0.337 e. The maximum Gasteiger partial charge on any atom is 0.0945 e. The van der Waals surface area contributed by atoms with Gasteiger partial charge >= 0.3 is 49.0 Å². The Labute approximate surface area is 214 Å². The van der Waals surface area contributed by atoms with Crippen LogP contribution >= 0.6 is 41.0 Å². The van der Waals surface area contributed by atoms with Gasteiger partial charge in [0.15, 0.2) is 0 Å². The summed E-state index contributed by atoms with van der Waals surface area (Å²) in [5, 5.41) is 0. The Bertz CT molecular complexity index is 810. The first-order chi connectivity index (χ1) is 15.3. The summed E-state index contributed by atoms with van der Waals surface area (Å²) in [5.74, 6) is 0. The van der Waals surface area contributed by atoms with Gasteiger partial charge in [-0.05, 0) is 36.8 Å². The van der Waals surface area contributed by atoms with Gasteiger partial charge in [-0.25, -0.2) is 9.97 Å². The topological polar surface area (TPSA) is 35.6 Å². The number of benzene rings is 2. The summed E-state index contributed by atoms with van der Waals surface area (Å²) in [6.07, 6.45) is 16.0. The first kappa shape index (κ1) is 26.1. The van der Waals surface area contributed by atoms with Crippen molar-refractivity contribution in [2.45, 2.75) is 38.8 Å². The van der Waals surface area contributed by atoms with Crippen molar-refractivity contribution in [1.29, 1.82) is 0 Å². The van der Waals surface area contributed by atoms with Crippen molar-refractivity contribution in [3.8, 4) is 0 Å². The molecule has 0 aliphatic rings. The molecule has 0 spiro atoms. The third kappa shape index (κ3) is 12.4. The molecule has 4 nitrogen and oxygen atoms in total. The third-order valence-electron chi connectivity index (χ3n) is 4.57. The first-order valence-electron chi connectivity index (χ1n) is 10.1. The SMILES string of the molecule is [I][Ni][I].c1ccc(CCCn2ccnc2)cc1.c1ccc(CCCn2ccnc2)cc1. The fourth-order valence-electron chi connectivity index (χ4n) is 3.06. The molecular formula is C24H28I2N4Ni. The standard InChI is InChI=1S/2C12H14N2.2HI.Ni/c2*1-2-5-12(6-3-1)7-4-9-14-10-8-13-11-14;;;/h2*1-3,5-6,8,10-11H,4,7,9H2;2*1H;/q;;;;+2/p-2. The number of aromatic nitrogens is 4. The van der Waals surface area contributed by atoms with Crippen molar-refractivity contribution in [2.75, 3.05) is 0 Å². The second-order valence-electron chi connectivity index (χ2n) is 6.82. The summed E-state index contributed by atoms with van der Waals surface area (Å²) in [4.78, 5) is 8.02. The van der Waals surface area contributed by atoms with Crippen LogP contribution in [0.5, 0.6) is 0 Å². The Morgan fingerprint density at radius 2 is 1.03 bits per heavy atom. The van der Waals surface area contributed by atoms with Crippen LogP contribution in [0.4, 0.5) is 0 Å². The van der Waals surface area contributed by atoms with Crippen molar-refractivity contribution < 1.29 is 8.07 Å². The van der Waals surface area contributed by atoms with E-state index in [1.165, 1.54) is 24.0 Å². The van der Waals surface area contributed by atoms with Crippen LogP contribution in [0.1, 0.15) is 24.0 Å². The maximum absolute atomic E-state index is 4.01. The Morgan fingerprint density at radius 3 is 1.35 bits per heavy atom. The molecular weight excluding hydrogens is 657 g/mol. The van der Waals surface area contributed by atoms with E-state index in [4.69, 9.17) is 0 Å². The van der Waals surface area contributed by atoms with E-state index < -0.39 is 0 Å². The molecule has 0 amide bonds. The van der Waals surface area contributed by atoms with Crippen LogP contribution in [0.25, 0.3) is 0 Å². The molecule has 0 bridgehead atoms. The second kappa shape index (κ2) is 17.4. The van der Waals surface area contributed by atoms with Crippen LogP contribution in [-0.4, -0.2) is 19.1 Å². The van der Waals surface area contributed by atoms with E-state index >= 15 is 0 Å². The van der Waals surface area contributed by atoms with Gasteiger partial charge in [-0.1, -0.05) is 60.7 Å².